The quantitative estimate of drug-likeness (QED) is 0.360. The summed E-state index contributed by atoms with van der Waals surface area (Å²) >= 11 is 0. The second kappa shape index (κ2) is 9.86. The molecular formula is C25H21F2N5O. The van der Waals surface area contributed by atoms with Crippen LogP contribution in [0, 0.1) is 18.6 Å². The van der Waals surface area contributed by atoms with E-state index in [0.717, 1.165) is 17.2 Å². The van der Waals surface area contributed by atoms with Gasteiger partial charge in [0.1, 0.15) is 41.1 Å². The number of ether oxygens (including phenoxy) is 1. The average Bonchev–Trinajstić information content (AvgIpc) is 2.79. The molecule has 8 heteroatoms. The number of nitrogens with zero attached hydrogens (tertiary/aromatic N) is 3. The number of anilines is 2. The van der Waals surface area contributed by atoms with E-state index in [-0.39, 0.29) is 6.54 Å². The average molecular weight is 445 g/mol. The minimum Gasteiger partial charge on any atom is -0.457 e. The van der Waals surface area contributed by atoms with E-state index in [2.05, 4.69) is 32.2 Å². The summed E-state index contributed by atoms with van der Waals surface area (Å²) in [6.45, 7) is 6.22. The maximum atomic E-state index is 13.4. The van der Waals surface area contributed by atoms with E-state index in [0.29, 0.717) is 34.4 Å². The third-order valence-corrected chi connectivity index (χ3v) is 4.83. The fourth-order valence-corrected chi connectivity index (χ4v) is 3.23. The predicted molar refractivity (Wildman–Crippen MR) is 123 cm³/mol. The zero-order valence-electron chi connectivity index (χ0n) is 17.8. The molecule has 6 nitrogen and oxygen atoms in total. The molecule has 0 saturated heterocycles. The van der Waals surface area contributed by atoms with Crippen LogP contribution in [0.3, 0.4) is 0 Å². The second-order valence-corrected chi connectivity index (χ2v) is 7.24. The van der Waals surface area contributed by atoms with Gasteiger partial charge in [-0.3, -0.25) is 0 Å². The SMILES string of the molecule is C=C(NCc1cc(F)cc(F)c1)c1cccc(Oc2ccnc(Nc3ccncn3)c2)c1C. The van der Waals surface area contributed by atoms with Crippen molar-refractivity contribution in [1.82, 2.24) is 20.3 Å². The summed E-state index contributed by atoms with van der Waals surface area (Å²) in [7, 11) is 0. The maximum absolute atomic E-state index is 13.4. The van der Waals surface area contributed by atoms with Gasteiger partial charge in [-0.15, -0.1) is 0 Å². The Morgan fingerprint density at radius 1 is 0.970 bits per heavy atom. The van der Waals surface area contributed by atoms with Crippen molar-refractivity contribution in [2.45, 2.75) is 13.5 Å². The minimum atomic E-state index is -0.616. The molecule has 0 radical (unpaired) electrons. The molecule has 2 aromatic heterocycles. The molecule has 0 bridgehead atoms. The largest absolute Gasteiger partial charge is 0.457 e. The topological polar surface area (TPSA) is 72.0 Å². The molecule has 4 rings (SSSR count). The molecule has 0 atom stereocenters. The molecule has 0 amide bonds. The first-order valence-electron chi connectivity index (χ1n) is 10.1. The van der Waals surface area contributed by atoms with Gasteiger partial charge in [0.2, 0.25) is 0 Å². The van der Waals surface area contributed by atoms with E-state index in [4.69, 9.17) is 4.74 Å². The van der Waals surface area contributed by atoms with Crippen LogP contribution in [0.4, 0.5) is 20.4 Å². The summed E-state index contributed by atoms with van der Waals surface area (Å²) < 4.78 is 32.9. The number of halogens is 2. The standard InChI is InChI=1S/C25H21F2N5O/c1-16-22(17(2)30-14-18-10-19(26)12-20(27)11-18)4-3-5-23(16)33-21-6-9-29-25(13-21)32-24-7-8-28-15-31-24/h3-13,15,30H,2,14H2,1H3,(H,28,29,31,32). The van der Waals surface area contributed by atoms with Crippen LogP contribution in [0.2, 0.25) is 0 Å². The molecule has 2 N–H and O–H groups in total. The fraction of sp³-hybridized carbons (Fsp3) is 0.0800. The lowest BCUT2D eigenvalue weighted by molar-refractivity contribution is 0.478. The Bertz CT molecular complexity index is 1260. The number of nitrogens with one attached hydrogen (secondary N) is 2. The highest BCUT2D eigenvalue weighted by Crippen LogP contribution is 2.30. The number of rotatable bonds is 8. The number of hydrogen-bond acceptors (Lipinski definition) is 6. The van der Waals surface area contributed by atoms with Gasteiger partial charge in [0.05, 0.1) is 0 Å². The molecule has 0 aliphatic rings. The Kier molecular flexibility index (Phi) is 6.54. The van der Waals surface area contributed by atoms with Crippen molar-refractivity contribution >= 4 is 17.3 Å². The first kappa shape index (κ1) is 21.9. The number of benzene rings is 2. The van der Waals surface area contributed by atoms with E-state index < -0.39 is 11.6 Å². The normalized spacial score (nSPS) is 10.5. The van der Waals surface area contributed by atoms with E-state index in [1.54, 1.807) is 30.6 Å². The summed E-state index contributed by atoms with van der Waals surface area (Å²) in [6.07, 6.45) is 4.72. The number of aromatic nitrogens is 3. The molecule has 0 fully saturated rings. The van der Waals surface area contributed by atoms with Gasteiger partial charge in [-0.05, 0) is 42.8 Å². The second-order valence-electron chi connectivity index (χ2n) is 7.24. The van der Waals surface area contributed by atoms with Crippen molar-refractivity contribution in [2.24, 2.45) is 0 Å². The Balaban J connectivity index is 1.47. The van der Waals surface area contributed by atoms with Crippen LogP contribution < -0.4 is 15.4 Å². The zero-order chi connectivity index (χ0) is 23.2. The van der Waals surface area contributed by atoms with Crippen molar-refractivity contribution in [2.75, 3.05) is 5.32 Å². The summed E-state index contributed by atoms with van der Waals surface area (Å²) in [6, 6.07) is 14.3. The third kappa shape index (κ3) is 5.68. The van der Waals surface area contributed by atoms with Gasteiger partial charge in [0.15, 0.2) is 0 Å². The molecule has 33 heavy (non-hydrogen) atoms. The van der Waals surface area contributed by atoms with Crippen LogP contribution >= 0.6 is 0 Å². The summed E-state index contributed by atoms with van der Waals surface area (Å²) in [5, 5.41) is 6.22. The van der Waals surface area contributed by atoms with Crippen molar-refractivity contribution in [3.05, 3.63) is 108 Å². The number of hydrogen-bond donors (Lipinski definition) is 2. The van der Waals surface area contributed by atoms with Crippen LogP contribution in [0.1, 0.15) is 16.7 Å². The Hall–Kier alpha value is -4.33. The van der Waals surface area contributed by atoms with Gasteiger partial charge in [0.25, 0.3) is 0 Å². The molecule has 0 spiro atoms. The first-order valence-corrected chi connectivity index (χ1v) is 10.1. The van der Waals surface area contributed by atoms with Crippen LogP contribution in [0.25, 0.3) is 5.70 Å². The minimum absolute atomic E-state index is 0.237. The van der Waals surface area contributed by atoms with E-state index >= 15 is 0 Å². The van der Waals surface area contributed by atoms with Crippen LogP contribution in [0.5, 0.6) is 11.5 Å². The predicted octanol–water partition coefficient (Wildman–Crippen LogP) is 5.75. The van der Waals surface area contributed by atoms with E-state index in [1.807, 2.05) is 25.1 Å². The smallest absolute Gasteiger partial charge is 0.135 e. The number of pyridine rings is 1. The van der Waals surface area contributed by atoms with Crippen molar-refractivity contribution < 1.29 is 13.5 Å². The molecular weight excluding hydrogens is 424 g/mol. The molecule has 0 aliphatic carbocycles. The maximum Gasteiger partial charge on any atom is 0.135 e. The van der Waals surface area contributed by atoms with E-state index in [9.17, 15) is 8.78 Å². The molecule has 2 heterocycles. The lowest BCUT2D eigenvalue weighted by Crippen LogP contribution is -2.12. The van der Waals surface area contributed by atoms with Gasteiger partial charge < -0.3 is 15.4 Å². The Labute approximate surface area is 190 Å². The van der Waals surface area contributed by atoms with E-state index in [1.165, 1.54) is 18.5 Å². The van der Waals surface area contributed by atoms with Crippen molar-refractivity contribution in [3.63, 3.8) is 0 Å². The van der Waals surface area contributed by atoms with Gasteiger partial charge in [0, 0.05) is 47.9 Å². The molecule has 2 aromatic carbocycles. The zero-order valence-corrected chi connectivity index (χ0v) is 17.8. The fourth-order valence-electron chi connectivity index (χ4n) is 3.23. The highest BCUT2D eigenvalue weighted by molar-refractivity contribution is 5.67. The van der Waals surface area contributed by atoms with Gasteiger partial charge >= 0.3 is 0 Å². The van der Waals surface area contributed by atoms with Crippen LogP contribution in [-0.2, 0) is 6.54 Å². The molecule has 166 valence electrons. The highest BCUT2D eigenvalue weighted by atomic mass is 19.1. The third-order valence-electron chi connectivity index (χ3n) is 4.83. The van der Waals surface area contributed by atoms with Gasteiger partial charge in [-0.2, -0.15) is 0 Å². The molecule has 0 unspecified atom stereocenters. The molecule has 0 saturated carbocycles. The Morgan fingerprint density at radius 3 is 2.55 bits per heavy atom. The summed E-state index contributed by atoms with van der Waals surface area (Å²) in [5.41, 5.74) is 2.79. The Morgan fingerprint density at radius 2 is 1.79 bits per heavy atom. The molecule has 4 aromatic rings. The monoisotopic (exact) mass is 445 g/mol. The van der Waals surface area contributed by atoms with Crippen LogP contribution in [-0.4, -0.2) is 15.0 Å². The summed E-state index contributed by atoms with van der Waals surface area (Å²) in [4.78, 5) is 12.3. The van der Waals surface area contributed by atoms with Crippen molar-refractivity contribution in [1.29, 1.82) is 0 Å². The lowest BCUT2D eigenvalue weighted by Gasteiger charge is -2.16. The molecule has 0 aliphatic heterocycles. The van der Waals surface area contributed by atoms with Crippen LogP contribution in [0.15, 0.2) is 79.9 Å². The van der Waals surface area contributed by atoms with Gasteiger partial charge in [-0.1, -0.05) is 18.7 Å². The first-order chi connectivity index (χ1) is 16.0. The van der Waals surface area contributed by atoms with Crippen molar-refractivity contribution in [3.8, 4) is 11.5 Å². The lowest BCUT2D eigenvalue weighted by atomic mass is 10.0. The summed E-state index contributed by atoms with van der Waals surface area (Å²) in [5.74, 6) is 1.20. The highest BCUT2D eigenvalue weighted by Gasteiger charge is 2.10. The van der Waals surface area contributed by atoms with Gasteiger partial charge in [-0.25, -0.2) is 23.7 Å².